The number of hydrogen-bond donors (Lipinski definition) is 0. The predicted octanol–water partition coefficient (Wildman–Crippen LogP) is 9.59. The predicted molar refractivity (Wildman–Crippen MR) is 163 cm³/mol. The molecule has 1 heterocycles. The van der Waals surface area contributed by atoms with Crippen molar-refractivity contribution in [3.8, 4) is 34.0 Å². The van der Waals surface area contributed by atoms with Gasteiger partial charge in [-0.3, -0.25) is 0 Å². The lowest BCUT2D eigenvalue weighted by molar-refractivity contribution is 0.417. The zero-order chi connectivity index (χ0) is 25.7. The molecule has 0 saturated heterocycles. The number of rotatable bonds is 7. The molecule has 6 rings (SSSR count). The molecule has 0 amide bonds. The van der Waals surface area contributed by atoms with Crippen molar-refractivity contribution in [3.63, 3.8) is 0 Å². The van der Waals surface area contributed by atoms with Crippen LogP contribution in [0.4, 0.5) is 0 Å². The minimum Gasteiger partial charge on any atom is -0.496 e. The molecule has 2 nitrogen and oxygen atoms in total. The Hall–Kier alpha value is -2.83. The second-order valence-corrected chi connectivity index (χ2v) is 13.7. The van der Waals surface area contributed by atoms with Gasteiger partial charge in [0, 0.05) is 5.30 Å². The van der Waals surface area contributed by atoms with E-state index in [4.69, 9.17) is 4.74 Å². The van der Waals surface area contributed by atoms with Crippen LogP contribution in [0.1, 0.15) is 64.2 Å². The Morgan fingerprint density at radius 2 is 1.08 bits per heavy atom. The van der Waals surface area contributed by atoms with Crippen LogP contribution in [0.5, 0.6) is 5.75 Å². The fourth-order valence-corrected chi connectivity index (χ4v) is 10.9. The van der Waals surface area contributed by atoms with Gasteiger partial charge >= 0.3 is 0 Å². The second-order valence-electron chi connectivity index (χ2n) is 11.0. The molecule has 2 fully saturated rings. The SMILES string of the molecule is COc1cccc(-n2c(-c3ccccc3)ccc2-c2ccccc2)c1P(C1CCCCC1)C1CCCCC1. The van der Waals surface area contributed by atoms with Crippen molar-refractivity contribution in [3.05, 3.63) is 91.0 Å². The van der Waals surface area contributed by atoms with Crippen LogP contribution in [0.25, 0.3) is 28.2 Å². The summed E-state index contributed by atoms with van der Waals surface area (Å²) < 4.78 is 8.79. The van der Waals surface area contributed by atoms with Crippen LogP contribution in [0, 0.1) is 0 Å². The zero-order valence-electron chi connectivity index (χ0n) is 22.7. The lowest BCUT2D eigenvalue weighted by atomic mass is 9.99. The summed E-state index contributed by atoms with van der Waals surface area (Å²) in [5.74, 6) is 1.09. The van der Waals surface area contributed by atoms with Crippen LogP contribution in [0.2, 0.25) is 0 Å². The van der Waals surface area contributed by atoms with E-state index in [2.05, 4.69) is 95.6 Å². The Bertz CT molecular complexity index is 1240. The van der Waals surface area contributed by atoms with E-state index < -0.39 is 0 Å². The highest BCUT2D eigenvalue weighted by atomic mass is 31.1. The summed E-state index contributed by atoms with van der Waals surface area (Å²) >= 11 is 0. The first-order valence-electron chi connectivity index (χ1n) is 14.6. The van der Waals surface area contributed by atoms with Gasteiger partial charge < -0.3 is 9.30 Å². The summed E-state index contributed by atoms with van der Waals surface area (Å²) in [6.07, 6.45) is 13.8. The molecule has 0 unspecified atom stereocenters. The molecule has 2 saturated carbocycles. The molecule has 3 aromatic carbocycles. The van der Waals surface area contributed by atoms with Crippen molar-refractivity contribution in [2.75, 3.05) is 7.11 Å². The van der Waals surface area contributed by atoms with E-state index in [1.165, 1.54) is 97.7 Å². The quantitative estimate of drug-likeness (QED) is 0.221. The van der Waals surface area contributed by atoms with Crippen molar-refractivity contribution in [1.82, 2.24) is 4.57 Å². The third-order valence-electron chi connectivity index (χ3n) is 8.65. The Kier molecular flexibility index (Phi) is 7.98. The highest BCUT2D eigenvalue weighted by molar-refractivity contribution is 7.67. The van der Waals surface area contributed by atoms with Crippen LogP contribution in [0.15, 0.2) is 91.0 Å². The van der Waals surface area contributed by atoms with Gasteiger partial charge in [-0.15, -0.1) is 0 Å². The van der Waals surface area contributed by atoms with Gasteiger partial charge in [-0.05, 0) is 72.4 Å². The molecule has 0 aliphatic heterocycles. The number of aromatic nitrogens is 1. The molecule has 2 aliphatic rings. The maximum Gasteiger partial charge on any atom is 0.128 e. The van der Waals surface area contributed by atoms with Crippen molar-refractivity contribution in [2.24, 2.45) is 0 Å². The summed E-state index contributed by atoms with van der Waals surface area (Å²) in [6.45, 7) is 0. The average Bonchev–Trinajstić information content (AvgIpc) is 3.44. The minimum atomic E-state index is -0.353. The third kappa shape index (κ3) is 5.08. The molecule has 3 heteroatoms. The number of methoxy groups -OCH3 is 1. The van der Waals surface area contributed by atoms with Gasteiger partial charge in [-0.25, -0.2) is 0 Å². The average molecular weight is 522 g/mol. The lowest BCUT2D eigenvalue weighted by Crippen LogP contribution is -2.29. The third-order valence-corrected chi connectivity index (χ3v) is 12.2. The van der Waals surface area contributed by atoms with E-state index in [0.717, 1.165) is 17.1 Å². The zero-order valence-corrected chi connectivity index (χ0v) is 23.6. The van der Waals surface area contributed by atoms with Crippen LogP contribution in [0.3, 0.4) is 0 Å². The standard InChI is InChI=1S/C35H40NOP/c1-37-34-24-14-23-33(35(34)38(29-19-10-4-11-20-29)30-21-12-5-13-22-30)36-31(27-15-6-2-7-16-27)25-26-32(36)28-17-8-3-9-18-28/h2-3,6-9,14-18,23-26,29-30H,4-5,10-13,19-22H2,1H3. The molecule has 1 aromatic heterocycles. The van der Waals surface area contributed by atoms with Crippen LogP contribution in [-0.4, -0.2) is 23.0 Å². The molecule has 0 bridgehead atoms. The van der Waals surface area contributed by atoms with Gasteiger partial charge in [0.1, 0.15) is 5.75 Å². The molecule has 0 spiro atoms. The largest absolute Gasteiger partial charge is 0.496 e. The van der Waals surface area contributed by atoms with Crippen LogP contribution >= 0.6 is 7.92 Å². The summed E-state index contributed by atoms with van der Waals surface area (Å²) in [7, 11) is 1.53. The van der Waals surface area contributed by atoms with Gasteiger partial charge in [0.15, 0.2) is 0 Å². The number of nitrogens with zero attached hydrogens (tertiary/aromatic N) is 1. The Balaban J connectivity index is 1.60. The van der Waals surface area contributed by atoms with Crippen LogP contribution in [-0.2, 0) is 0 Å². The highest BCUT2D eigenvalue weighted by Crippen LogP contribution is 2.57. The van der Waals surface area contributed by atoms with Gasteiger partial charge in [0.2, 0.25) is 0 Å². The van der Waals surface area contributed by atoms with Crippen LogP contribution < -0.4 is 10.0 Å². The van der Waals surface area contributed by atoms with Crippen molar-refractivity contribution >= 4 is 13.2 Å². The summed E-state index contributed by atoms with van der Waals surface area (Å²) in [4.78, 5) is 0. The Morgan fingerprint density at radius 3 is 1.55 bits per heavy atom. The van der Waals surface area contributed by atoms with Gasteiger partial charge in [0.05, 0.1) is 24.2 Å². The molecule has 38 heavy (non-hydrogen) atoms. The fraction of sp³-hybridized carbons (Fsp3) is 0.371. The first-order chi connectivity index (χ1) is 18.8. The van der Waals surface area contributed by atoms with E-state index in [1.54, 1.807) is 0 Å². The van der Waals surface area contributed by atoms with E-state index in [1.807, 2.05) is 7.11 Å². The van der Waals surface area contributed by atoms with Crippen molar-refractivity contribution < 1.29 is 4.74 Å². The molecular weight excluding hydrogens is 481 g/mol. The Labute approximate surface area is 229 Å². The van der Waals surface area contributed by atoms with Gasteiger partial charge in [-0.1, -0.05) is 113 Å². The van der Waals surface area contributed by atoms with E-state index in [9.17, 15) is 0 Å². The van der Waals surface area contributed by atoms with E-state index >= 15 is 0 Å². The van der Waals surface area contributed by atoms with Gasteiger partial charge in [-0.2, -0.15) is 0 Å². The molecular formula is C35H40NOP. The van der Waals surface area contributed by atoms with Crippen molar-refractivity contribution in [2.45, 2.75) is 75.5 Å². The second kappa shape index (κ2) is 11.9. The van der Waals surface area contributed by atoms with E-state index in [-0.39, 0.29) is 7.92 Å². The molecule has 0 radical (unpaired) electrons. The normalized spacial score (nSPS) is 17.1. The number of hydrogen-bond acceptors (Lipinski definition) is 1. The van der Waals surface area contributed by atoms with Gasteiger partial charge in [0.25, 0.3) is 0 Å². The maximum absolute atomic E-state index is 6.24. The highest BCUT2D eigenvalue weighted by Gasteiger charge is 2.36. The monoisotopic (exact) mass is 521 g/mol. The molecule has 2 aliphatic carbocycles. The minimum absolute atomic E-state index is 0.353. The lowest BCUT2D eigenvalue weighted by Gasteiger charge is -2.40. The smallest absolute Gasteiger partial charge is 0.128 e. The summed E-state index contributed by atoms with van der Waals surface area (Å²) in [5, 5.41) is 1.51. The fourth-order valence-electron chi connectivity index (χ4n) is 6.86. The molecule has 196 valence electrons. The summed E-state index contributed by atoms with van der Waals surface area (Å²) in [5.41, 5.74) is 7.93. The first kappa shape index (κ1) is 25.4. The molecule has 4 aromatic rings. The molecule has 0 atom stereocenters. The number of benzene rings is 3. The van der Waals surface area contributed by atoms with Crippen molar-refractivity contribution in [1.29, 1.82) is 0 Å². The summed E-state index contributed by atoms with van der Waals surface area (Å²) in [6, 6.07) is 33.2. The van der Waals surface area contributed by atoms with E-state index in [0.29, 0.717) is 0 Å². The Morgan fingerprint density at radius 1 is 0.579 bits per heavy atom. The topological polar surface area (TPSA) is 14.2 Å². The molecule has 0 N–H and O–H groups in total. The maximum atomic E-state index is 6.24. The number of ether oxygens (including phenoxy) is 1. The first-order valence-corrected chi connectivity index (χ1v) is 16.1.